The third kappa shape index (κ3) is 3.90. The van der Waals surface area contributed by atoms with Crippen LogP contribution in [0.3, 0.4) is 0 Å². The summed E-state index contributed by atoms with van der Waals surface area (Å²) in [5.41, 5.74) is 0.755. The standard InChI is InChI=1S/C16H18N2O6/c1-2-24-15(22)8-10-3-4-13(20)11(7-10)17-12-9-14(21)18(5-6-19)16(12)23/h3-4,7,9,17,19-20H,2,5-6,8H2,1H3. The van der Waals surface area contributed by atoms with Crippen LogP contribution in [0.25, 0.3) is 0 Å². The molecule has 0 aliphatic carbocycles. The number of aliphatic hydroxyl groups is 1. The lowest BCUT2D eigenvalue weighted by Crippen LogP contribution is -2.34. The lowest BCUT2D eigenvalue weighted by molar-refractivity contribution is -0.142. The molecule has 0 aromatic heterocycles. The zero-order chi connectivity index (χ0) is 17.7. The topological polar surface area (TPSA) is 116 Å². The maximum Gasteiger partial charge on any atom is 0.310 e. The number of imide groups is 1. The molecule has 0 unspecified atom stereocenters. The van der Waals surface area contributed by atoms with Gasteiger partial charge in [-0.2, -0.15) is 0 Å². The molecule has 24 heavy (non-hydrogen) atoms. The molecule has 1 aliphatic heterocycles. The Kier molecular flexibility index (Phi) is 5.54. The van der Waals surface area contributed by atoms with Gasteiger partial charge in [-0.15, -0.1) is 0 Å². The van der Waals surface area contributed by atoms with Gasteiger partial charge in [-0.3, -0.25) is 19.3 Å². The number of aliphatic hydroxyl groups excluding tert-OH is 1. The Balaban J connectivity index is 2.15. The Morgan fingerprint density at radius 3 is 2.75 bits per heavy atom. The number of ether oxygens (including phenoxy) is 1. The molecule has 2 rings (SSSR count). The molecule has 0 atom stereocenters. The van der Waals surface area contributed by atoms with E-state index in [0.29, 0.717) is 5.56 Å². The fraction of sp³-hybridized carbons (Fsp3) is 0.312. The van der Waals surface area contributed by atoms with Crippen molar-refractivity contribution in [2.24, 2.45) is 0 Å². The first-order chi connectivity index (χ1) is 11.5. The number of aromatic hydroxyl groups is 1. The lowest BCUT2D eigenvalue weighted by atomic mass is 10.1. The highest BCUT2D eigenvalue weighted by Gasteiger charge is 2.31. The van der Waals surface area contributed by atoms with Gasteiger partial charge in [0, 0.05) is 6.08 Å². The van der Waals surface area contributed by atoms with Crippen molar-refractivity contribution in [3.63, 3.8) is 0 Å². The van der Waals surface area contributed by atoms with Crippen LogP contribution in [0.15, 0.2) is 30.0 Å². The van der Waals surface area contributed by atoms with Gasteiger partial charge in [0.1, 0.15) is 11.4 Å². The summed E-state index contributed by atoms with van der Waals surface area (Å²) in [4.78, 5) is 36.2. The van der Waals surface area contributed by atoms with Crippen molar-refractivity contribution in [1.29, 1.82) is 0 Å². The van der Waals surface area contributed by atoms with Crippen LogP contribution in [0.2, 0.25) is 0 Å². The van der Waals surface area contributed by atoms with Crippen LogP contribution in [-0.4, -0.2) is 52.7 Å². The third-order valence-electron chi connectivity index (χ3n) is 3.32. The zero-order valence-electron chi connectivity index (χ0n) is 13.1. The van der Waals surface area contributed by atoms with Gasteiger partial charge in [-0.25, -0.2) is 0 Å². The van der Waals surface area contributed by atoms with Gasteiger partial charge in [-0.1, -0.05) is 6.07 Å². The summed E-state index contributed by atoms with van der Waals surface area (Å²) < 4.78 is 4.86. The van der Waals surface area contributed by atoms with Crippen molar-refractivity contribution in [1.82, 2.24) is 4.90 Å². The number of hydrogen-bond acceptors (Lipinski definition) is 7. The summed E-state index contributed by atoms with van der Waals surface area (Å²) in [6.07, 6.45) is 1.11. The van der Waals surface area contributed by atoms with Crippen LogP contribution >= 0.6 is 0 Å². The van der Waals surface area contributed by atoms with Crippen molar-refractivity contribution in [2.45, 2.75) is 13.3 Å². The number of nitrogens with zero attached hydrogens (tertiary/aromatic N) is 1. The Hall–Kier alpha value is -2.87. The highest BCUT2D eigenvalue weighted by Crippen LogP contribution is 2.27. The molecule has 1 heterocycles. The first-order valence-electron chi connectivity index (χ1n) is 7.39. The number of esters is 1. The number of amides is 2. The predicted octanol–water partition coefficient (Wildman–Crippen LogP) is 0.155. The first kappa shape index (κ1) is 17.5. The summed E-state index contributed by atoms with van der Waals surface area (Å²) in [6.45, 7) is 1.54. The van der Waals surface area contributed by atoms with Gasteiger partial charge >= 0.3 is 5.97 Å². The summed E-state index contributed by atoms with van der Waals surface area (Å²) in [5.74, 6) is -1.68. The third-order valence-corrected chi connectivity index (χ3v) is 3.32. The van der Waals surface area contributed by atoms with Crippen molar-refractivity contribution >= 4 is 23.5 Å². The maximum atomic E-state index is 12.1. The Bertz CT molecular complexity index is 698. The number of nitrogens with one attached hydrogen (secondary N) is 1. The summed E-state index contributed by atoms with van der Waals surface area (Å²) in [5, 5.41) is 21.5. The van der Waals surface area contributed by atoms with Gasteiger partial charge in [0.25, 0.3) is 11.8 Å². The van der Waals surface area contributed by atoms with E-state index in [4.69, 9.17) is 9.84 Å². The van der Waals surface area contributed by atoms with E-state index in [2.05, 4.69) is 5.32 Å². The number of hydrogen-bond donors (Lipinski definition) is 3. The predicted molar refractivity (Wildman–Crippen MR) is 84.0 cm³/mol. The second-order valence-electron chi connectivity index (χ2n) is 5.03. The van der Waals surface area contributed by atoms with E-state index in [0.717, 1.165) is 11.0 Å². The van der Waals surface area contributed by atoms with E-state index in [-0.39, 0.29) is 43.3 Å². The summed E-state index contributed by atoms with van der Waals surface area (Å²) in [6, 6.07) is 4.44. The van der Waals surface area contributed by atoms with Crippen LogP contribution < -0.4 is 5.32 Å². The smallest absolute Gasteiger partial charge is 0.310 e. The number of phenolic OH excluding ortho intramolecular Hbond substituents is 1. The molecule has 1 aliphatic rings. The Morgan fingerprint density at radius 2 is 2.08 bits per heavy atom. The van der Waals surface area contributed by atoms with E-state index in [1.807, 2.05) is 0 Å². The minimum Gasteiger partial charge on any atom is -0.506 e. The van der Waals surface area contributed by atoms with Crippen LogP contribution in [0.5, 0.6) is 5.75 Å². The number of carbonyl (C=O) groups is 3. The zero-order valence-corrected chi connectivity index (χ0v) is 13.1. The molecule has 8 heteroatoms. The highest BCUT2D eigenvalue weighted by molar-refractivity contribution is 6.17. The second kappa shape index (κ2) is 7.60. The SMILES string of the molecule is CCOC(=O)Cc1ccc(O)c(NC2=CC(=O)N(CCO)C2=O)c1. The number of rotatable bonds is 7. The van der Waals surface area contributed by atoms with E-state index in [9.17, 15) is 19.5 Å². The van der Waals surface area contributed by atoms with Gasteiger partial charge in [0.15, 0.2) is 0 Å². The maximum absolute atomic E-state index is 12.1. The minimum atomic E-state index is -0.593. The molecule has 0 spiro atoms. The fourth-order valence-electron chi connectivity index (χ4n) is 2.23. The summed E-state index contributed by atoms with van der Waals surface area (Å²) in [7, 11) is 0. The molecule has 128 valence electrons. The van der Waals surface area contributed by atoms with Crippen LogP contribution in [0.4, 0.5) is 5.69 Å². The largest absolute Gasteiger partial charge is 0.506 e. The molecule has 0 saturated heterocycles. The number of β-amino-alcohol motifs (C(OH)–C–C–N with tert-alkyl or cyclic N) is 1. The van der Waals surface area contributed by atoms with E-state index < -0.39 is 17.8 Å². The van der Waals surface area contributed by atoms with Gasteiger partial charge < -0.3 is 20.3 Å². The van der Waals surface area contributed by atoms with Crippen molar-refractivity contribution < 1.29 is 29.3 Å². The molecule has 0 fully saturated rings. The molecule has 3 N–H and O–H groups in total. The molecular formula is C16H18N2O6. The number of benzene rings is 1. The Morgan fingerprint density at radius 1 is 1.33 bits per heavy atom. The van der Waals surface area contributed by atoms with E-state index in [1.54, 1.807) is 13.0 Å². The molecule has 2 amide bonds. The molecule has 1 aromatic carbocycles. The normalized spacial score (nSPS) is 13.9. The number of carbonyl (C=O) groups excluding carboxylic acids is 3. The van der Waals surface area contributed by atoms with Crippen molar-refractivity contribution in [3.8, 4) is 5.75 Å². The quantitative estimate of drug-likeness (QED) is 0.369. The van der Waals surface area contributed by atoms with E-state index >= 15 is 0 Å². The second-order valence-corrected chi connectivity index (χ2v) is 5.03. The monoisotopic (exact) mass is 334 g/mol. The molecule has 0 bridgehead atoms. The summed E-state index contributed by atoms with van der Waals surface area (Å²) >= 11 is 0. The fourth-order valence-corrected chi connectivity index (χ4v) is 2.23. The number of anilines is 1. The van der Waals surface area contributed by atoms with Gasteiger partial charge in [0.2, 0.25) is 0 Å². The van der Waals surface area contributed by atoms with Crippen LogP contribution in [-0.2, 0) is 25.5 Å². The molecule has 8 nitrogen and oxygen atoms in total. The average molecular weight is 334 g/mol. The Labute approximate surface area is 138 Å². The van der Waals surface area contributed by atoms with Crippen molar-refractivity contribution in [2.75, 3.05) is 25.1 Å². The molecule has 0 saturated carbocycles. The highest BCUT2D eigenvalue weighted by atomic mass is 16.5. The van der Waals surface area contributed by atoms with Gasteiger partial charge in [-0.05, 0) is 24.6 Å². The van der Waals surface area contributed by atoms with Crippen LogP contribution in [0.1, 0.15) is 12.5 Å². The minimum absolute atomic E-state index is 0.0166. The first-order valence-corrected chi connectivity index (χ1v) is 7.39. The van der Waals surface area contributed by atoms with Crippen molar-refractivity contribution in [3.05, 3.63) is 35.5 Å². The van der Waals surface area contributed by atoms with E-state index in [1.165, 1.54) is 12.1 Å². The van der Waals surface area contributed by atoms with Gasteiger partial charge in [0.05, 0.1) is 31.9 Å². The van der Waals surface area contributed by atoms with Crippen LogP contribution in [0, 0.1) is 0 Å². The lowest BCUT2D eigenvalue weighted by Gasteiger charge is -2.14. The molecule has 1 aromatic rings. The molecular weight excluding hydrogens is 316 g/mol. The number of phenols is 1. The molecule has 0 radical (unpaired) electrons. The average Bonchev–Trinajstić information content (AvgIpc) is 2.79.